The molecule has 4 aromatic rings. The van der Waals surface area contributed by atoms with E-state index < -0.39 is 6.29 Å². The molecule has 1 fully saturated rings. The molecular formula is C30H31N3O3S. The Morgan fingerprint density at radius 3 is 2.27 bits per heavy atom. The molecule has 1 saturated heterocycles. The van der Waals surface area contributed by atoms with Gasteiger partial charge in [-0.15, -0.1) is 0 Å². The van der Waals surface area contributed by atoms with Gasteiger partial charge < -0.3 is 20.3 Å². The van der Waals surface area contributed by atoms with E-state index in [1.807, 2.05) is 42.5 Å². The van der Waals surface area contributed by atoms with Crippen molar-refractivity contribution in [2.45, 2.75) is 43.7 Å². The van der Waals surface area contributed by atoms with E-state index in [1.165, 1.54) is 0 Å². The molecule has 5 rings (SSSR count). The molecule has 3 aromatic carbocycles. The van der Waals surface area contributed by atoms with Gasteiger partial charge in [0.25, 0.3) is 0 Å². The van der Waals surface area contributed by atoms with Crippen molar-refractivity contribution < 1.29 is 14.6 Å². The van der Waals surface area contributed by atoms with Crippen LogP contribution in [0.2, 0.25) is 0 Å². The first-order chi connectivity index (χ1) is 18.1. The van der Waals surface area contributed by atoms with Gasteiger partial charge in [0.15, 0.2) is 11.4 Å². The van der Waals surface area contributed by atoms with Gasteiger partial charge in [-0.05, 0) is 39.9 Å². The topological polar surface area (TPSA) is 90.5 Å². The van der Waals surface area contributed by atoms with Crippen LogP contribution in [0.15, 0.2) is 96.4 Å². The summed E-state index contributed by atoms with van der Waals surface area (Å²) in [4.78, 5) is 8.69. The first-order valence-corrected chi connectivity index (χ1v) is 13.4. The van der Waals surface area contributed by atoms with Crippen LogP contribution >= 0.6 is 11.8 Å². The summed E-state index contributed by atoms with van der Waals surface area (Å²) in [6.07, 6.45) is 2.77. The smallest absolute Gasteiger partial charge is 0.187 e. The van der Waals surface area contributed by atoms with Crippen LogP contribution in [0, 0.1) is 5.92 Å². The number of nitrogens with zero attached hydrogens (tertiary/aromatic N) is 2. The Morgan fingerprint density at radius 1 is 0.838 bits per heavy atom. The Bertz CT molecular complexity index is 1290. The van der Waals surface area contributed by atoms with Gasteiger partial charge in [-0.3, -0.25) is 0 Å². The van der Waals surface area contributed by atoms with Crippen LogP contribution in [0.3, 0.4) is 0 Å². The number of thioether (sulfide) groups is 1. The fourth-order valence-electron chi connectivity index (χ4n) is 4.54. The molecule has 1 aliphatic heterocycles. The Balaban J connectivity index is 1.39. The van der Waals surface area contributed by atoms with Crippen molar-refractivity contribution in [2.75, 3.05) is 5.75 Å². The SMILES string of the molecule is C[C@H]1[C@@H](CSc2ncccn2)O[C@@H](c2ccc(-c3cccc(CN)c3)cc2)O[C@H]1c1ccc(CO)cc1. The van der Waals surface area contributed by atoms with Gasteiger partial charge in [-0.25, -0.2) is 9.97 Å². The number of ether oxygens (including phenoxy) is 2. The predicted octanol–water partition coefficient (Wildman–Crippen LogP) is 5.68. The minimum atomic E-state index is -0.509. The monoisotopic (exact) mass is 513 g/mol. The highest BCUT2D eigenvalue weighted by Gasteiger charge is 2.38. The molecule has 6 nitrogen and oxygen atoms in total. The maximum Gasteiger partial charge on any atom is 0.187 e. The van der Waals surface area contributed by atoms with Gasteiger partial charge in [0.2, 0.25) is 0 Å². The molecule has 0 amide bonds. The minimum absolute atomic E-state index is 0.0178. The van der Waals surface area contributed by atoms with Crippen molar-refractivity contribution in [3.05, 3.63) is 114 Å². The molecule has 0 spiro atoms. The van der Waals surface area contributed by atoms with E-state index in [-0.39, 0.29) is 24.7 Å². The number of hydrogen-bond donors (Lipinski definition) is 2. The van der Waals surface area contributed by atoms with Crippen LogP contribution in [0.25, 0.3) is 11.1 Å². The number of benzene rings is 3. The Labute approximate surface area is 221 Å². The average Bonchev–Trinajstić information content (AvgIpc) is 2.97. The van der Waals surface area contributed by atoms with Gasteiger partial charge in [0, 0.05) is 36.2 Å². The van der Waals surface area contributed by atoms with Gasteiger partial charge in [-0.2, -0.15) is 0 Å². The van der Waals surface area contributed by atoms with Gasteiger partial charge in [0.1, 0.15) is 0 Å². The van der Waals surface area contributed by atoms with Gasteiger partial charge >= 0.3 is 0 Å². The summed E-state index contributed by atoms with van der Waals surface area (Å²) in [7, 11) is 0. The van der Waals surface area contributed by atoms with Crippen molar-refractivity contribution in [3.63, 3.8) is 0 Å². The van der Waals surface area contributed by atoms with Gasteiger partial charge in [0.05, 0.1) is 18.8 Å². The molecule has 0 unspecified atom stereocenters. The summed E-state index contributed by atoms with van der Waals surface area (Å²) < 4.78 is 13.1. The third kappa shape index (κ3) is 6.09. The van der Waals surface area contributed by atoms with Crippen molar-refractivity contribution >= 4 is 11.8 Å². The summed E-state index contributed by atoms with van der Waals surface area (Å²) in [5.41, 5.74) is 12.1. The summed E-state index contributed by atoms with van der Waals surface area (Å²) in [5, 5.41) is 10.2. The fraction of sp³-hybridized carbons (Fsp3) is 0.267. The Kier molecular flexibility index (Phi) is 8.28. The zero-order chi connectivity index (χ0) is 25.6. The molecule has 4 atom stereocenters. The second-order valence-corrected chi connectivity index (χ2v) is 10.2. The third-order valence-electron chi connectivity index (χ3n) is 6.72. The molecule has 1 aliphatic rings. The van der Waals surface area contributed by atoms with E-state index in [2.05, 4.69) is 53.3 Å². The van der Waals surface area contributed by atoms with E-state index in [0.717, 1.165) is 38.5 Å². The number of nitrogens with two attached hydrogens (primary N) is 1. The van der Waals surface area contributed by atoms with Crippen LogP contribution in [-0.4, -0.2) is 26.9 Å². The van der Waals surface area contributed by atoms with Crippen LogP contribution in [0.4, 0.5) is 0 Å². The molecule has 1 aromatic heterocycles. The summed E-state index contributed by atoms with van der Waals surface area (Å²) in [6, 6.07) is 26.4. The van der Waals surface area contributed by atoms with E-state index >= 15 is 0 Å². The van der Waals surface area contributed by atoms with Crippen LogP contribution in [0.5, 0.6) is 0 Å². The lowest BCUT2D eigenvalue weighted by atomic mass is 9.91. The second kappa shape index (κ2) is 12.0. The highest BCUT2D eigenvalue weighted by Crippen LogP contribution is 2.43. The van der Waals surface area contributed by atoms with Crippen molar-refractivity contribution in [3.8, 4) is 11.1 Å². The minimum Gasteiger partial charge on any atom is -0.392 e. The molecule has 37 heavy (non-hydrogen) atoms. The average molecular weight is 514 g/mol. The molecule has 7 heteroatoms. The zero-order valence-corrected chi connectivity index (χ0v) is 21.6. The molecule has 190 valence electrons. The number of aliphatic hydroxyl groups excluding tert-OH is 1. The van der Waals surface area contributed by atoms with Crippen LogP contribution in [-0.2, 0) is 22.6 Å². The van der Waals surface area contributed by atoms with Crippen molar-refractivity contribution in [2.24, 2.45) is 11.7 Å². The highest BCUT2D eigenvalue weighted by molar-refractivity contribution is 7.99. The maximum atomic E-state index is 9.46. The highest BCUT2D eigenvalue weighted by atomic mass is 32.2. The second-order valence-electron chi connectivity index (χ2n) is 9.19. The lowest BCUT2D eigenvalue weighted by Crippen LogP contribution is -2.38. The first-order valence-electron chi connectivity index (χ1n) is 12.4. The third-order valence-corrected chi connectivity index (χ3v) is 7.69. The largest absolute Gasteiger partial charge is 0.392 e. The Hall–Kier alpha value is -3.07. The molecule has 0 saturated carbocycles. The lowest BCUT2D eigenvalue weighted by molar-refractivity contribution is -0.268. The number of aliphatic hydroxyl groups is 1. The van der Waals surface area contributed by atoms with Crippen molar-refractivity contribution in [1.29, 1.82) is 0 Å². The van der Waals surface area contributed by atoms with E-state index in [4.69, 9.17) is 15.2 Å². The molecule has 2 heterocycles. The van der Waals surface area contributed by atoms with Crippen LogP contribution in [0.1, 0.15) is 41.6 Å². The van der Waals surface area contributed by atoms with Crippen molar-refractivity contribution in [1.82, 2.24) is 9.97 Å². The zero-order valence-electron chi connectivity index (χ0n) is 20.7. The summed E-state index contributed by atoms with van der Waals surface area (Å²) in [6.45, 7) is 2.69. The molecular weight excluding hydrogens is 482 g/mol. The van der Waals surface area contributed by atoms with E-state index in [9.17, 15) is 5.11 Å². The number of aromatic nitrogens is 2. The molecule has 3 N–H and O–H groups in total. The van der Waals surface area contributed by atoms with E-state index in [0.29, 0.717) is 12.3 Å². The maximum absolute atomic E-state index is 9.46. The Morgan fingerprint density at radius 2 is 1.57 bits per heavy atom. The van der Waals surface area contributed by atoms with E-state index in [1.54, 1.807) is 24.2 Å². The number of rotatable bonds is 8. The predicted molar refractivity (Wildman–Crippen MR) is 145 cm³/mol. The number of hydrogen-bond acceptors (Lipinski definition) is 7. The quantitative estimate of drug-likeness (QED) is 0.231. The first kappa shape index (κ1) is 25.6. The normalized spacial score (nSPS) is 21.6. The van der Waals surface area contributed by atoms with Crippen LogP contribution < -0.4 is 5.73 Å². The molecule has 0 bridgehead atoms. The molecule has 0 aliphatic carbocycles. The fourth-order valence-corrected chi connectivity index (χ4v) is 5.50. The standard InChI is InChI=1S/C30H31N3O3S/c1-20-27(19-37-30-32-14-3-15-33-30)35-29(36-28(20)24-8-6-21(18-34)7-9-24)25-12-10-23(11-13-25)26-5-2-4-22(16-26)17-31/h2-16,20,27-29,34H,17-19,31H2,1H3/t20-,27+,28+,29+/m0/s1. The summed E-state index contributed by atoms with van der Waals surface area (Å²) in [5.74, 6) is 0.811. The lowest BCUT2D eigenvalue weighted by Gasteiger charge is -2.41. The molecule has 0 radical (unpaired) electrons. The van der Waals surface area contributed by atoms with Gasteiger partial charge in [-0.1, -0.05) is 85.4 Å². The summed E-state index contributed by atoms with van der Waals surface area (Å²) >= 11 is 1.59.